The lowest BCUT2D eigenvalue weighted by molar-refractivity contribution is 0.0978. The molecular formula is C10H18N2O. The lowest BCUT2D eigenvalue weighted by Gasteiger charge is -2.26. The first-order valence-electron chi connectivity index (χ1n) is 4.56. The molecule has 3 heteroatoms. The maximum absolute atomic E-state index is 5.67. The molecule has 1 aromatic heterocycles. The molecule has 13 heavy (non-hydrogen) atoms. The zero-order chi connectivity index (χ0) is 10.1. The molecule has 0 radical (unpaired) electrons. The number of aromatic nitrogens is 2. The molecule has 0 bridgehead atoms. The summed E-state index contributed by atoms with van der Waals surface area (Å²) in [4.78, 5) is 0. The minimum absolute atomic E-state index is 0.150. The van der Waals surface area contributed by atoms with Crippen molar-refractivity contribution in [3.8, 4) is 5.88 Å². The normalized spacial score (nSPS) is 14.2. The smallest absolute Gasteiger partial charge is 0.232 e. The molecule has 0 N–H and O–H groups in total. The SMILES string of the molecule is C[C@H](Oc1ccn(C)n1)C(C)(C)C. The number of aryl methyl sites for hydroxylation is 1. The lowest BCUT2D eigenvalue weighted by atomic mass is 9.90. The fraction of sp³-hybridized carbons (Fsp3) is 0.700. The van der Waals surface area contributed by atoms with Gasteiger partial charge in [-0.25, -0.2) is 0 Å². The van der Waals surface area contributed by atoms with Gasteiger partial charge in [-0.3, -0.25) is 4.68 Å². The van der Waals surface area contributed by atoms with Gasteiger partial charge in [0.1, 0.15) is 6.10 Å². The van der Waals surface area contributed by atoms with E-state index in [9.17, 15) is 0 Å². The first-order chi connectivity index (χ1) is 5.89. The van der Waals surface area contributed by atoms with Gasteiger partial charge in [-0.2, -0.15) is 0 Å². The van der Waals surface area contributed by atoms with E-state index in [2.05, 4.69) is 32.8 Å². The van der Waals surface area contributed by atoms with Gasteiger partial charge in [-0.1, -0.05) is 20.8 Å². The second-order valence-corrected chi connectivity index (χ2v) is 4.45. The molecule has 0 unspecified atom stereocenters. The first kappa shape index (κ1) is 10.1. The molecule has 1 aromatic rings. The molecule has 0 fully saturated rings. The Morgan fingerprint density at radius 1 is 1.46 bits per heavy atom. The highest BCUT2D eigenvalue weighted by Gasteiger charge is 2.22. The summed E-state index contributed by atoms with van der Waals surface area (Å²) in [6, 6.07) is 1.88. The molecule has 0 aliphatic rings. The standard InChI is InChI=1S/C10H18N2O/c1-8(10(2,3)4)13-9-6-7-12(5)11-9/h6-8H,1-5H3/t8-/m0/s1. The van der Waals surface area contributed by atoms with Gasteiger partial charge in [0.15, 0.2) is 0 Å². The van der Waals surface area contributed by atoms with Crippen molar-refractivity contribution in [2.45, 2.75) is 33.8 Å². The van der Waals surface area contributed by atoms with Crippen LogP contribution in [0.5, 0.6) is 5.88 Å². The van der Waals surface area contributed by atoms with Gasteiger partial charge in [-0.05, 0) is 12.3 Å². The van der Waals surface area contributed by atoms with E-state index in [1.807, 2.05) is 19.3 Å². The van der Waals surface area contributed by atoms with Gasteiger partial charge in [0.05, 0.1) is 0 Å². The van der Waals surface area contributed by atoms with Crippen LogP contribution in [0.15, 0.2) is 12.3 Å². The van der Waals surface area contributed by atoms with Crippen molar-refractivity contribution in [3.63, 3.8) is 0 Å². The Morgan fingerprint density at radius 2 is 2.08 bits per heavy atom. The van der Waals surface area contributed by atoms with Crippen molar-refractivity contribution >= 4 is 0 Å². The van der Waals surface area contributed by atoms with Crippen LogP contribution in [0.4, 0.5) is 0 Å². The largest absolute Gasteiger partial charge is 0.473 e. The monoisotopic (exact) mass is 182 g/mol. The second kappa shape index (κ2) is 3.40. The van der Waals surface area contributed by atoms with E-state index < -0.39 is 0 Å². The highest BCUT2D eigenvalue weighted by Crippen LogP contribution is 2.23. The van der Waals surface area contributed by atoms with Crippen LogP contribution in [-0.2, 0) is 7.05 Å². The summed E-state index contributed by atoms with van der Waals surface area (Å²) in [5.41, 5.74) is 0.150. The summed E-state index contributed by atoms with van der Waals surface area (Å²) in [5, 5.41) is 4.16. The Balaban J connectivity index is 2.60. The fourth-order valence-electron chi connectivity index (χ4n) is 0.815. The molecule has 0 spiro atoms. The Morgan fingerprint density at radius 3 is 2.46 bits per heavy atom. The summed E-state index contributed by atoms with van der Waals surface area (Å²) in [6.07, 6.45) is 2.05. The number of ether oxygens (including phenoxy) is 1. The van der Waals surface area contributed by atoms with E-state index in [1.165, 1.54) is 0 Å². The topological polar surface area (TPSA) is 27.1 Å². The van der Waals surface area contributed by atoms with Crippen LogP contribution >= 0.6 is 0 Å². The van der Waals surface area contributed by atoms with Crippen LogP contribution in [0.1, 0.15) is 27.7 Å². The van der Waals surface area contributed by atoms with Crippen LogP contribution in [0.2, 0.25) is 0 Å². The van der Waals surface area contributed by atoms with Gasteiger partial charge in [0.2, 0.25) is 5.88 Å². The average molecular weight is 182 g/mol. The quantitative estimate of drug-likeness (QED) is 0.701. The molecule has 0 saturated heterocycles. The Kier molecular flexibility index (Phi) is 2.64. The molecule has 0 amide bonds. The Labute approximate surface area is 79.7 Å². The summed E-state index contributed by atoms with van der Waals surface area (Å²) < 4.78 is 7.41. The fourth-order valence-corrected chi connectivity index (χ4v) is 0.815. The van der Waals surface area contributed by atoms with Crippen LogP contribution in [0.3, 0.4) is 0 Å². The van der Waals surface area contributed by atoms with Crippen LogP contribution in [-0.4, -0.2) is 15.9 Å². The third kappa shape index (κ3) is 2.76. The molecule has 0 saturated carbocycles. The number of rotatable bonds is 2. The van der Waals surface area contributed by atoms with Gasteiger partial charge in [-0.15, -0.1) is 5.10 Å². The molecule has 0 aromatic carbocycles. The average Bonchev–Trinajstić information content (AvgIpc) is 2.33. The van der Waals surface area contributed by atoms with Gasteiger partial charge in [0.25, 0.3) is 0 Å². The van der Waals surface area contributed by atoms with E-state index in [0.717, 1.165) is 0 Å². The molecule has 1 rings (SSSR count). The van der Waals surface area contributed by atoms with E-state index in [0.29, 0.717) is 5.88 Å². The van der Waals surface area contributed by atoms with E-state index in [-0.39, 0.29) is 11.5 Å². The number of nitrogens with zero attached hydrogens (tertiary/aromatic N) is 2. The molecule has 1 heterocycles. The van der Waals surface area contributed by atoms with Crippen LogP contribution < -0.4 is 4.74 Å². The molecule has 1 atom stereocenters. The van der Waals surface area contributed by atoms with Crippen LogP contribution in [0.25, 0.3) is 0 Å². The van der Waals surface area contributed by atoms with E-state index in [1.54, 1.807) is 4.68 Å². The summed E-state index contributed by atoms with van der Waals surface area (Å²) in [7, 11) is 1.88. The number of hydrogen-bond acceptors (Lipinski definition) is 2. The van der Waals surface area contributed by atoms with Crippen molar-refractivity contribution < 1.29 is 4.74 Å². The van der Waals surface area contributed by atoms with Crippen molar-refractivity contribution in [3.05, 3.63) is 12.3 Å². The predicted octanol–water partition coefficient (Wildman–Crippen LogP) is 2.23. The number of hydrogen-bond donors (Lipinski definition) is 0. The van der Waals surface area contributed by atoms with Gasteiger partial charge in [0, 0.05) is 19.3 Å². The summed E-state index contributed by atoms with van der Waals surface area (Å²) >= 11 is 0. The van der Waals surface area contributed by atoms with Gasteiger partial charge >= 0.3 is 0 Å². The Hall–Kier alpha value is -0.990. The summed E-state index contributed by atoms with van der Waals surface area (Å²) in [6.45, 7) is 8.52. The predicted molar refractivity (Wildman–Crippen MR) is 52.8 cm³/mol. The van der Waals surface area contributed by atoms with Crippen molar-refractivity contribution in [2.24, 2.45) is 12.5 Å². The molecule has 3 nitrogen and oxygen atoms in total. The highest BCUT2D eigenvalue weighted by atomic mass is 16.5. The minimum atomic E-state index is 0.150. The zero-order valence-electron chi connectivity index (χ0n) is 9.03. The van der Waals surface area contributed by atoms with E-state index in [4.69, 9.17) is 4.74 Å². The molecule has 0 aliphatic heterocycles. The lowest BCUT2D eigenvalue weighted by Crippen LogP contribution is -2.28. The van der Waals surface area contributed by atoms with Gasteiger partial charge < -0.3 is 4.74 Å². The third-order valence-electron chi connectivity index (χ3n) is 2.21. The van der Waals surface area contributed by atoms with Crippen LogP contribution in [0, 0.1) is 5.41 Å². The molecular weight excluding hydrogens is 164 g/mol. The van der Waals surface area contributed by atoms with Crippen molar-refractivity contribution in [2.75, 3.05) is 0 Å². The maximum Gasteiger partial charge on any atom is 0.232 e. The molecule has 74 valence electrons. The minimum Gasteiger partial charge on any atom is -0.473 e. The zero-order valence-corrected chi connectivity index (χ0v) is 9.03. The second-order valence-electron chi connectivity index (χ2n) is 4.45. The van der Waals surface area contributed by atoms with Crippen molar-refractivity contribution in [1.82, 2.24) is 9.78 Å². The molecule has 0 aliphatic carbocycles. The Bertz CT molecular complexity index is 273. The summed E-state index contributed by atoms with van der Waals surface area (Å²) in [5.74, 6) is 0.699. The highest BCUT2D eigenvalue weighted by molar-refractivity contribution is 5.06. The third-order valence-corrected chi connectivity index (χ3v) is 2.21. The maximum atomic E-state index is 5.67. The van der Waals surface area contributed by atoms with E-state index >= 15 is 0 Å². The first-order valence-corrected chi connectivity index (χ1v) is 4.56. The van der Waals surface area contributed by atoms with Crippen molar-refractivity contribution in [1.29, 1.82) is 0 Å².